The summed E-state index contributed by atoms with van der Waals surface area (Å²) >= 11 is 1.46. The SMILES string of the molecule is Cc1ccc(-c2c(C(C)N)nc3scc(C)n3c2=O)cc1. The Hall–Kier alpha value is -1.98. The number of rotatable bonds is 2. The second-order valence-corrected chi connectivity index (χ2v) is 6.16. The highest BCUT2D eigenvalue weighted by molar-refractivity contribution is 7.15. The molecule has 4 nitrogen and oxygen atoms in total. The molecular weight excluding hydrogens is 282 g/mol. The van der Waals surface area contributed by atoms with Gasteiger partial charge in [0.05, 0.1) is 11.3 Å². The van der Waals surface area contributed by atoms with Gasteiger partial charge in [0.15, 0.2) is 4.96 Å². The molecule has 5 heteroatoms. The van der Waals surface area contributed by atoms with E-state index in [0.29, 0.717) is 16.2 Å². The maximum atomic E-state index is 12.9. The Balaban J connectivity index is 2.41. The molecule has 2 N–H and O–H groups in total. The summed E-state index contributed by atoms with van der Waals surface area (Å²) in [7, 11) is 0. The number of hydrogen-bond acceptors (Lipinski definition) is 4. The van der Waals surface area contributed by atoms with Crippen LogP contribution in [0.15, 0.2) is 34.4 Å². The van der Waals surface area contributed by atoms with Gasteiger partial charge in [0, 0.05) is 17.1 Å². The Bertz CT molecular complexity index is 860. The quantitative estimate of drug-likeness (QED) is 0.791. The summed E-state index contributed by atoms with van der Waals surface area (Å²) in [5.41, 5.74) is 10.2. The van der Waals surface area contributed by atoms with Gasteiger partial charge in [0.2, 0.25) is 0 Å². The average molecular weight is 299 g/mol. The highest BCUT2D eigenvalue weighted by atomic mass is 32.1. The molecule has 0 saturated heterocycles. The first-order valence-electron chi connectivity index (χ1n) is 6.82. The molecule has 0 bridgehead atoms. The highest BCUT2D eigenvalue weighted by Crippen LogP contribution is 2.25. The summed E-state index contributed by atoms with van der Waals surface area (Å²) in [6.07, 6.45) is 0. The maximum absolute atomic E-state index is 12.9. The zero-order chi connectivity index (χ0) is 15.1. The molecule has 1 aromatic carbocycles. The van der Waals surface area contributed by atoms with Crippen molar-refractivity contribution in [1.82, 2.24) is 9.38 Å². The molecule has 1 atom stereocenters. The van der Waals surface area contributed by atoms with Crippen molar-refractivity contribution >= 4 is 16.3 Å². The summed E-state index contributed by atoms with van der Waals surface area (Å²) in [4.78, 5) is 18.2. The normalized spacial score (nSPS) is 12.8. The van der Waals surface area contributed by atoms with Crippen LogP contribution in [-0.2, 0) is 0 Å². The molecule has 2 aromatic heterocycles. The molecule has 21 heavy (non-hydrogen) atoms. The van der Waals surface area contributed by atoms with Crippen molar-refractivity contribution in [2.45, 2.75) is 26.8 Å². The summed E-state index contributed by atoms with van der Waals surface area (Å²) in [6.45, 7) is 5.79. The van der Waals surface area contributed by atoms with E-state index in [1.165, 1.54) is 11.3 Å². The number of benzene rings is 1. The van der Waals surface area contributed by atoms with Crippen molar-refractivity contribution in [3.8, 4) is 11.1 Å². The van der Waals surface area contributed by atoms with Gasteiger partial charge in [-0.2, -0.15) is 0 Å². The smallest absolute Gasteiger partial charge is 0.266 e. The molecule has 3 aromatic rings. The fourth-order valence-corrected chi connectivity index (χ4v) is 3.28. The van der Waals surface area contributed by atoms with Crippen LogP contribution in [-0.4, -0.2) is 9.38 Å². The van der Waals surface area contributed by atoms with Gasteiger partial charge in [-0.15, -0.1) is 11.3 Å². The van der Waals surface area contributed by atoms with Crippen molar-refractivity contribution < 1.29 is 0 Å². The largest absolute Gasteiger partial charge is 0.323 e. The molecular formula is C16H17N3OS. The Morgan fingerprint density at radius 3 is 2.52 bits per heavy atom. The third-order valence-corrected chi connectivity index (χ3v) is 4.48. The molecule has 1 unspecified atom stereocenters. The first kappa shape index (κ1) is 14.0. The Morgan fingerprint density at radius 1 is 1.24 bits per heavy atom. The predicted octanol–water partition coefficient (Wildman–Crippen LogP) is 3.06. The van der Waals surface area contributed by atoms with Crippen LogP contribution < -0.4 is 11.3 Å². The standard InChI is InChI=1S/C16H17N3OS/c1-9-4-6-12(7-5-9)13-14(11(3)17)18-16-19(15(13)20)10(2)8-21-16/h4-8,11H,17H2,1-3H3. The van der Waals surface area contributed by atoms with Gasteiger partial charge in [0.25, 0.3) is 5.56 Å². The zero-order valence-electron chi connectivity index (χ0n) is 12.3. The van der Waals surface area contributed by atoms with Crippen molar-refractivity contribution in [1.29, 1.82) is 0 Å². The van der Waals surface area contributed by atoms with Crippen LogP contribution in [0.2, 0.25) is 0 Å². The fraction of sp³-hybridized carbons (Fsp3) is 0.250. The van der Waals surface area contributed by atoms with Crippen LogP contribution in [0.3, 0.4) is 0 Å². The zero-order valence-corrected chi connectivity index (χ0v) is 13.1. The van der Waals surface area contributed by atoms with Crippen LogP contribution in [0.25, 0.3) is 16.1 Å². The summed E-state index contributed by atoms with van der Waals surface area (Å²) in [5.74, 6) is 0. The van der Waals surface area contributed by atoms with E-state index in [9.17, 15) is 4.79 Å². The molecule has 0 saturated carbocycles. The van der Waals surface area contributed by atoms with Gasteiger partial charge in [-0.25, -0.2) is 4.98 Å². The number of aromatic nitrogens is 2. The minimum absolute atomic E-state index is 0.0464. The van der Waals surface area contributed by atoms with Gasteiger partial charge in [0.1, 0.15) is 0 Å². The fourth-order valence-electron chi connectivity index (χ4n) is 2.42. The number of fused-ring (bicyclic) bond motifs is 1. The number of aryl methyl sites for hydroxylation is 2. The van der Waals surface area contributed by atoms with Crippen LogP contribution in [0, 0.1) is 13.8 Å². The van der Waals surface area contributed by atoms with E-state index in [-0.39, 0.29) is 11.6 Å². The first-order valence-corrected chi connectivity index (χ1v) is 7.70. The number of nitrogens with zero attached hydrogens (tertiary/aromatic N) is 2. The maximum Gasteiger partial charge on any atom is 0.266 e. The third-order valence-electron chi connectivity index (χ3n) is 3.54. The van der Waals surface area contributed by atoms with E-state index in [1.807, 2.05) is 50.4 Å². The first-order chi connectivity index (χ1) is 9.99. The molecule has 0 radical (unpaired) electrons. The molecule has 3 rings (SSSR count). The van der Waals surface area contributed by atoms with Crippen LogP contribution in [0.5, 0.6) is 0 Å². The van der Waals surface area contributed by atoms with E-state index in [2.05, 4.69) is 4.98 Å². The van der Waals surface area contributed by atoms with Crippen LogP contribution in [0.4, 0.5) is 0 Å². The Labute approximate surface area is 126 Å². The molecule has 2 heterocycles. The predicted molar refractivity (Wildman–Crippen MR) is 86.9 cm³/mol. The van der Waals surface area contributed by atoms with E-state index in [0.717, 1.165) is 16.8 Å². The van der Waals surface area contributed by atoms with Crippen molar-refractivity contribution in [2.75, 3.05) is 0 Å². The second-order valence-electron chi connectivity index (χ2n) is 5.33. The van der Waals surface area contributed by atoms with E-state index in [4.69, 9.17) is 5.73 Å². The topological polar surface area (TPSA) is 60.4 Å². The van der Waals surface area contributed by atoms with Crippen molar-refractivity contribution in [2.24, 2.45) is 5.73 Å². The Morgan fingerprint density at radius 2 is 1.90 bits per heavy atom. The molecule has 0 fully saturated rings. The van der Waals surface area contributed by atoms with Crippen molar-refractivity contribution in [3.63, 3.8) is 0 Å². The van der Waals surface area contributed by atoms with E-state index >= 15 is 0 Å². The number of nitrogens with two attached hydrogens (primary N) is 1. The van der Waals surface area contributed by atoms with Gasteiger partial charge >= 0.3 is 0 Å². The molecule has 0 aliphatic rings. The van der Waals surface area contributed by atoms with Gasteiger partial charge in [-0.1, -0.05) is 29.8 Å². The summed E-state index contributed by atoms with van der Waals surface area (Å²) in [5, 5.41) is 1.94. The molecule has 0 amide bonds. The molecule has 0 aliphatic carbocycles. The minimum atomic E-state index is -0.290. The van der Waals surface area contributed by atoms with E-state index in [1.54, 1.807) is 4.40 Å². The average Bonchev–Trinajstić information content (AvgIpc) is 2.82. The van der Waals surface area contributed by atoms with Crippen molar-refractivity contribution in [3.05, 3.63) is 57.0 Å². The third kappa shape index (κ3) is 2.28. The minimum Gasteiger partial charge on any atom is -0.323 e. The molecule has 0 spiro atoms. The lowest BCUT2D eigenvalue weighted by Gasteiger charge is -2.12. The van der Waals surface area contributed by atoms with Gasteiger partial charge in [-0.3, -0.25) is 9.20 Å². The van der Waals surface area contributed by atoms with Gasteiger partial charge in [-0.05, 0) is 26.3 Å². The summed E-state index contributed by atoms with van der Waals surface area (Å²) < 4.78 is 1.66. The molecule has 108 valence electrons. The Kier molecular flexibility index (Phi) is 3.39. The van der Waals surface area contributed by atoms with Gasteiger partial charge < -0.3 is 5.73 Å². The lowest BCUT2D eigenvalue weighted by atomic mass is 10.0. The molecule has 0 aliphatic heterocycles. The summed E-state index contributed by atoms with van der Waals surface area (Å²) in [6, 6.07) is 7.60. The monoisotopic (exact) mass is 299 g/mol. The lowest BCUT2D eigenvalue weighted by Crippen LogP contribution is -2.22. The van der Waals surface area contributed by atoms with Crippen LogP contribution >= 0.6 is 11.3 Å². The van der Waals surface area contributed by atoms with E-state index < -0.39 is 0 Å². The van der Waals surface area contributed by atoms with Crippen LogP contribution in [0.1, 0.15) is 29.9 Å². The number of hydrogen-bond donors (Lipinski definition) is 1. The highest BCUT2D eigenvalue weighted by Gasteiger charge is 2.18. The second kappa shape index (κ2) is 5.09. The number of thiazole rings is 1. The lowest BCUT2D eigenvalue weighted by molar-refractivity contribution is 0.778.